The quantitative estimate of drug-likeness (QED) is 0.873. The first-order valence-electron chi connectivity index (χ1n) is 7.47. The third-order valence-corrected chi connectivity index (χ3v) is 4.43. The summed E-state index contributed by atoms with van der Waals surface area (Å²) in [5, 5.41) is 4.30. The molecule has 0 spiro atoms. The number of piperidine rings is 1. The minimum absolute atomic E-state index is 0.00634. The van der Waals surface area contributed by atoms with Crippen molar-refractivity contribution in [2.45, 2.75) is 25.1 Å². The van der Waals surface area contributed by atoms with Crippen LogP contribution < -0.4 is 5.32 Å². The minimum atomic E-state index is 0.00634. The Morgan fingerprint density at radius 3 is 3.24 bits per heavy atom. The summed E-state index contributed by atoms with van der Waals surface area (Å²) in [5.41, 5.74) is 2.48. The molecule has 110 valence electrons. The Morgan fingerprint density at radius 2 is 2.29 bits per heavy atom. The number of hydrogen-bond donors (Lipinski definition) is 2. The number of aromatic amines is 1. The van der Waals surface area contributed by atoms with Gasteiger partial charge in [-0.15, -0.1) is 0 Å². The average molecular weight is 285 g/mol. The molecule has 0 saturated carbocycles. The van der Waals surface area contributed by atoms with Gasteiger partial charge in [-0.2, -0.15) is 0 Å². The van der Waals surface area contributed by atoms with Crippen molar-refractivity contribution in [3.63, 3.8) is 0 Å². The molecule has 2 saturated heterocycles. The molecular weight excluding hydrogens is 266 g/mol. The van der Waals surface area contributed by atoms with Crippen molar-refractivity contribution in [3.05, 3.63) is 36.0 Å². The van der Waals surface area contributed by atoms with Gasteiger partial charge < -0.3 is 15.0 Å². The van der Waals surface area contributed by atoms with Gasteiger partial charge in [-0.1, -0.05) is 6.07 Å². The first kappa shape index (κ1) is 12.9. The van der Waals surface area contributed by atoms with Gasteiger partial charge in [-0.05, 0) is 35.6 Å². The highest BCUT2D eigenvalue weighted by Gasteiger charge is 2.34. The monoisotopic (exact) mass is 285 g/mol. The number of aromatic nitrogens is 1. The maximum atomic E-state index is 11.4. The highest BCUT2D eigenvalue weighted by Crippen LogP contribution is 2.21. The number of nitrogens with one attached hydrogen (secondary N) is 2. The summed E-state index contributed by atoms with van der Waals surface area (Å²) < 4.78 is 5.60. The molecule has 2 aliphatic rings. The first-order chi connectivity index (χ1) is 10.3. The molecule has 0 unspecified atom stereocenters. The number of likely N-dealkylation sites (tertiary alicyclic amines) is 1. The highest BCUT2D eigenvalue weighted by atomic mass is 16.5. The molecule has 3 heterocycles. The van der Waals surface area contributed by atoms with Gasteiger partial charge in [-0.25, -0.2) is 0 Å². The van der Waals surface area contributed by atoms with E-state index in [1.54, 1.807) is 0 Å². The molecule has 1 aromatic carbocycles. The molecule has 1 amide bonds. The lowest BCUT2D eigenvalue weighted by Crippen LogP contribution is -2.60. The van der Waals surface area contributed by atoms with Gasteiger partial charge >= 0.3 is 0 Å². The van der Waals surface area contributed by atoms with Crippen LogP contribution in [0.15, 0.2) is 30.5 Å². The second kappa shape index (κ2) is 5.16. The molecule has 2 fully saturated rings. The molecule has 0 radical (unpaired) electrons. The molecule has 2 aliphatic heterocycles. The molecule has 4 rings (SSSR count). The van der Waals surface area contributed by atoms with E-state index in [1.165, 1.54) is 16.5 Å². The van der Waals surface area contributed by atoms with Crippen LogP contribution in [-0.4, -0.2) is 47.6 Å². The predicted octanol–water partition coefficient (Wildman–Crippen LogP) is 1.26. The maximum Gasteiger partial charge on any atom is 0.246 e. The number of carbonyl (C=O) groups excluding carboxylic acids is 1. The summed E-state index contributed by atoms with van der Waals surface area (Å²) in [6.07, 6.45) is 3.14. The SMILES string of the molecule is O=C1CO[C@H]2CCN(Cc3ccc4[nH]ccc4c3)C[C@@H]2N1. The van der Waals surface area contributed by atoms with Gasteiger partial charge in [-0.3, -0.25) is 9.69 Å². The zero-order valence-electron chi connectivity index (χ0n) is 11.8. The van der Waals surface area contributed by atoms with Gasteiger partial charge in [0.2, 0.25) is 5.91 Å². The molecule has 1 aromatic heterocycles. The van der Waals surface area contributed by atoms with Crippen LogP contribution in [0.25, 0.3) is 10.9 Å². The summed E-state index contributed by atoms with van der Waals surface area (Å²) in [4.78, 5) is 17.0. The van der Waals surface area contributed by atoms with E-state index in [-0.39, 0.29) is 24.7 Å². The van der Waals surface area contributed by atoms with Crippen LogP contribution in [0.1, 0.15) is 12.0 Å². The molecule has 0 bridgehead atoms. The second-order valence-corrected chi connectivity index (χ2v) is 5.95. The molecule has 5 nitrogen and oxygen atoms in total. The van der Waals surface area contributed by atoms with E-state index in [0.29, 0.717) is 0 Å². The number of hydrogen-bond acceptors (Lipinski definition) is 3. The van der Waals surface area contributed by atoms with Crippen LogP contribution in [0, 0.1) is 0 Å². The third-order valence-electron chi connectivity index (χ3n) is 4.43. The number of nitrogens with zero attached hydrogens (tertiary/aromatic N) is 1. The fourth-order valence-corrected chi connectivity index (χ4v) is 3.37. The number of carbonyl (C=O) groups is 1. The normalized spacial score (nSPS) is 26.6. The summed E-state index contributed by atoms with van der Waals surface area (Å²) in [6, 6.07) is 8.76. The van der Waals surface area contributed by atoms with Crippen LogP contribution in [0.3, 0.4) is 0 Å². The Balaban J connectivity index is 1.45. The summed E-state index contributed by atoms with van der Waals surface area (Å²) >= 11 is 0. The lowest BCUT2D eigenvalue weighted by Gasteiger charge is -2.41. The van der Waals surface area contributed by atoms with Crippen LogP contribution in [0.2, 0.25) is 0 Å². The molecule has 0 aliphatic carbocycles. The number of benzene rings is 1. The number of amides is 1. The molecular formula is C16H19N3O2. The Labute approximate surface area is 123 Å². The van der Waals surface area contributed by atoms with Crippen molar-refractivity contribution in [3.8, 4) is 0 Å². The van der Waals surface area contributed by atoms with Crippen molar-refractivity contribution in [2.75, 3.05) is 19.7 Å². The number of ether oxygens (including phenoxy) is 1. The van der Waals surface area contributed by atoms with Crippen LogP contribution in [0.4, 0.5) is 0 Å². The van der Waals surface area contributed by atoms with Crippen molar-refractivity contribution >= 4 is 16.8 Å². The Kier molecular flexibility index (Phi) is 3.16. The third kappa shape index (κ3) is 2.54. The van der Waals surface area contributed by atoms with E-state index < -0.39 is 0 Å². The maximum absolute atomic E-state index is 11.4. The second-order valence-electron chi connectivity index (χ2n) is 5.95. The summed E-state index contributed by atoms with van der Waals surface area (Å²) in [5.74, 6) is 0.00634. The number of H-pyrrole nitrogens is 1. The van der Waals surface area contributed by atoms with E-state index >= 15 is 0 Å². The number of morpholine rings is 1. The molecule has 21 heavy (non-hydrogen) atoms. The molecule has 2 aromatic rings. The van der Waals surface area contributed by atoms with Gasteiger partial charge in [0.1, 0.15) is 6.61 Å². The largest absolute Gasteiger partial charge is 0.366 e. The van der Waals surface area contributed by atoms with Crippen molar-refractivity contribution in [1.29, 1.82) is 0 Å². The fraction of sp³-hybridized carbons (Fsp3) is 0.438. The fourth-order valence-electron chi connectivity index (χ4n) is 3.37. The van der Waals surface area contributed by atoms with Crippen LogP contribution in [0.5, 0.6) is 0 Å². The molecule has 2 N–H and O–H groups in total. The van der Waals surface area contributed by atoms with Crippen LogP contribution >= 0.6 is 0 Å². The van der Waals surface area contributed by atoms with Crippen molar-refractivity contribution in [1.82, 2.24) is 15.2 Å². The number of rotatable bonds is 2. The van der Waals surface area contributed by atoms with E-state index in [4.69, 9.17) is 4.74 Å². The van der Waals surface area contributed by atoms with Gasteiger partial charge in [0.15, 0.2) is 0 Å². The lowest BCUT2D eigenvalue weighted by molar-refractivity contribution is -0.140. The van der Waals surface area contributed by atoms with Crippen molar-refractivity contribution in [2.24, 2.45) is 0 Å². The topological polar surface area (TPSA) is 57.4 Å². The highest BCUT2D eigenvalue weighted by molar-refractivity contribution is 5.80. The molecule has 5 heteroatoms. The zero-order chi connectivity index (χ0) is 14.2. The van der Waals surface area contributed by atoms with Gasteiger partial charge in [0.25, 0.3) is 0 Å². The van der Waals surface area contributed by atoms with E-state index in [0.717, 1.165) is 26.1 Å². The smallest absolute Gasteiger partial charge is 0.246 e. The standard InChI is InChI=1S/C16H19N3O2/c20-16-10-21-15-4-6-19(9-14(15)18-16)8-11-1-2-13-12(7-11)3-5-17-13/h1-3,5,7,14-15,17H,4,6,8-10H2,(H,18,20)/t14-,15-/m0/s1. The van der Waals surface area contributed by atoms with E-state index in [1.807, 2.05) is 6.20 Å². The summed E-state index contributed by atoms with van der Waals surface area (Å²) in [6.45, 7) is 3.01. The van der Waals surface area contributed by atoms with E-state index in [2.05, 4.69) is 39.5 Å². The Morgan fingerprint density at radius 1 is 1.33 bits per heavy atom. The van der Waals surface area contributed by atoms with Gasteiger partial charge in [0.05, 0.1) is 12.1 Å². The predicted molar refractivity (Wildman–Crippen MR) is 79.9 cm³/mol. The Bertz CT molecular complexity index is 666. The zero-order valence-corrected chi connectivity index (χ0v) is 11.8. The average Bonchev–Trinajstić information content (AvgIpc) is 2.94. The van der Waals surface area contributed by atoms with Crippen LogP contribution in [-0.2, 0) is 16.1 Å². The summed E-state index contributed by atoms with van der Waals surface area (Å²) in [7, 11) is 0. The van der Waals surface area contributed by atoms with Crippen molar-refractivity contribution < 1.29 is 9.53 Å². The minimum Gasteiger partial charge on any atom is -0.366 e. The van der Waals surface area contributed by atoms with E-state index in [9.17, 15) is 4.79 Å². The Hall–Kier alpha value is -1.85. The molecule has 2 atom stereocenters. The lowest BCUT2D eigenvalue weighted by atomic mass is 10.00. The first-order valence-corrected chi connectivity index (χ1v) is 7.47. The van der Waals surface area contributed by atoms with Gasteiger partial charge in [0, 0.05) is 31.3 Å². The number of fused-ring (bicyclic) bond motifs is 2.